The van der Waals surface area contributed by atoms with Gasteiger partial charge in [-0.25, -0.2) is 9.78 Å². The van der Waals surface area contributed by atoms with Gasteiger partial charge in [-0.3, -0.25) is 0 Å². The molecule has 1 N–H and O–H groups in total. The van der Waals surface area contributed by atoms with Gasteiger partial charge in [0.05, 0.1) is 4.88 Å². The second kappa shape index (κ2) is 8.81. The zero-order valence-corrected chi connectivity index (χ0v) is 18.0. The Morgan fingerprint density at radius 3 is 2.52 bits per heavy atom. The maximum absolute atomic E-state index is 13.2. The fraction of sp³-hybridized carbons (Fsp3) is 0.158. The van der Waals surface area contributed by atoms with Crippen molar-refractivity contribution in [3.8, 4) is 10.7 Å². The summed E-state index contributed by atoms with van der Waals surface area (Å²) in [5, 5.41) is 19.7. The van der Waals surface area contributed by atoms with Crippen molar-refractivity contribution in [1.82, 2.24) is 19.7 Å². The Morgan fingerprint density at radius 2 is 1.90 bits per heavy atom. The summed E-state index contributed by atoms with van der Waals surface area (Å²) in [4.78, 5) is 14.8. The molecule has 0 aliphatic rings. The van der Waals surface area contributed by atoms with Crippen molar-refractivity contribution in [2.24, 2.45) is 0 Å². The van der Waals surface area contributed by atoms with Crippen LogP contribution in [0.1, 0.15) is 20.9 Å². The third kappa shape index (κ3) is 4.81. The lowest BCUT2D eigenvalue weighted by atomic mass is 10.1. The van der Waals surface area contributed by atoms with E-state index in [1.165, 1.54) is 11.3 Å². The Morgan fingerprint density at radius 1 is 1.13 bits per heavy atom. The third-order valence-corrected chi connectivity index (χ3v) is 7.13. The molecule has 0 unspecified atom stereocenters. The first kappa shape index (κ1) is 21.5. The first-order valence-corrected chi connectivity index (χ1v) is 11.3. The zero-order valence-electron chi connectivity index (χ0n) is 15.5. The molecule has 0 saturated heterocycles. The van der Waals surface area contributed by atoms with E-state index in [9.17, 15) is 18.0 Å². The van der Waals surface area contributed by atoms with Gasteiger partial charge in [0, 0.05) is 6.54 Å². The number of aromatic carboxylic acids is 1. The molecule has 160 valence electrons. The predicted octanol–water partition coefficient (Wildman–Crippen LogP) is 5.57. The Balaban J connectivity index is 1.68. The SMILES string of the molecule is O=C(O)c1sc(Sc2nnc(-c3cccs3)n2CCc2ccccc2)nc1C(F)(F)F. The number of benzene rings is 1. The van der Waals surface area contributed by atoms with E-state index in [4.69, 9.17) is 5.11 Å². The van der Waals surface area contributed by atoms with Gasteiger partial charge in [0.1, 0.15) is 4.88 Å². The standard InChI is InChI=1S/C19H13F3N4O2S3/c20-19(21,22)14-13(16(27)28)30-18(23-14)31-17-25-24-15(12-7-4-10-29-12)26(17)9-8-11-5-2-1-3-6-11/h1-7,10H,8-9H2,(H,27,28). The minimum Gasteiger partial charge on any atom is -0.477 e. The molecule has 0 aliphatic heterocycles. The first-order chi connectivity index (χ1) is 14.8. The number of aryl methyl sites for hydroxylation is 1. The molecule has 12 heteroatoms. The molecule has 6 nitrogen and oxygen atoms in total. The number of carbonyl (C=O) groups is 1. The smallest absolute Gasteiger partial charge is 0.435 e. The molecule has 3 aromatic heterocycles. The molecule has 1 aromatic carbocycles. The molecule has 0 aliphatic carbocycles. The number of halogens is 3. The number of hydrogen-bond donors (Lipinski definition) is 1. The summed E-state index contributed by atoms with van der Waals surface area (Å²) < 4.78 is 41.3. The van der Waals surface area contributed by atoms with Crippen molar-refractivity contribution < 1.29 is 23.1 Å². The maximum Gasteiger partial charge on any atom is 0.435 e. The number of rotatable bonds is 7. The summed E-state index contributed by atoms with van der Waals surface area (Å²) in [7, 11) is 0. The van der Waals surface area contributed by atoms with Crippen LogP contribution in [0.4, 0.5) is 13.2 Å². The number of thiazole rings is 1. The van der Waals surface area contributed by atoms with Crippen molar-refractivity contribution in [1.29, 1.82) is 0 Å². The lowest BCUT2D eigenvalue weighted by Crippen LogP contribution is -2.11. The Kier molecular flexibility index (Phi) is 6.12. The molecule has 0 fully saturated rings. The predicted molar refractivity (Wildman–Crippen MR) is 112 cm³/mol. The van der Waals surface area contributed by atoms with E-state index in [0.717, 1.165) is 22.2 Å². The van der Waals surface area contributed by atoms with Gasteiger partial charge in [-0.1, -0.05) is 47.7 Å². The lowest BCUT2D eigenvalue weighted by molar-refractivity contribution is -0.141. The summed E-state index contributed by atoms with van der Waals surface area (Å²) in [5.74, 6) is -1.07. The molecular weight excluding hydrogens is 469 g/mol. The van der Waals surface area contributed by atoms with Crippen molar-refractivity contribution in [3.63, 3.8) is 0 Å². The molecule has 0 amide bonds. The number of hydrogen-bond acceptors (Lipinski definition) is 7. The summed E-state index contributed by atoms with van der Waals surface area (Å²) >= 11 is 2.82. The fourth-order valence-corrected chi connectivity index (χ4v) is 5.48. The van der Waals surface area contributed by atoms with Crippen molar-refractivity contribution >= 4 is 40.4 Å². The van der Waals surface area contributed by atoms with Crippen LogP contribution in [-0.4, -0.2) is 30.8 Å². The Hall–Kier alpha value is -2.70. The number of aromatic nitrogens is 4. The Bertz CT molecular complexity index is 1190. The molecule has 0 bridgehead atoms. The highest BCUT2D eigenvalue weighted by Crippen LogP contribution is 2.40. The highest BCUT2D eigenvalue weighted by molar-refractivity contribution is 8.00. The zero-order chi connectivity index (χ0) is 22.0. The van der Waals surface area contributed by atoms with E-state index in [1.807, 2.05) is 52.4 Å². The van der Waals surface area contributed by atoms with Crippen LogP contribution in [-0.2, 0) is 19.1 Å². The van der Waals surface area contributed by atoms with Crippen LogP contribution in [0.3, 0.4) is 0 Å². The first-order valence-electron chi connectivity index (χ1n) is 8.83. The van der Waals surface area contributed by atoms with E-state index >= 15 is 0 Å². The van der Waals surface area contributed by atoms with Gasteiger partial charge < -0.3 is 9.67 Å². The van der Waals surface area contributed by atoms with Gasteiger partial charge in [-0.15, -0.1) is 21.5 Å². The van der Waals surface area contributed by atoms with Crippen molar-refractivity contribution in [2.75, 3.05) is 0 Å². The molecule has 0 radical (unpaired) electrons. The second-order valence-electron chi connectivity index (χ2n) is 6.23. The average molecular weight is 483 g/mol. The summed E-state index contributed by atoms with van der Waals surface area (Å²) in [6, 6.07) is 13.5. The Labute approximate surface area is 186 Å². The fourth-order valence-electron chi connectivity index (χ4n) is 2.80. The number of thiophene rings is 1. The van der Waals surface area contributed by atoms with Crippen LogP contribution in [0.2, 0.25) is 0 Å². The molecule has 31 heavy (non-hydrogen) atoms. The van der Waals surface area contributed by atoms with Crippen LogP contribution >= 0.6 is 34.4 Å². The highest BCUT2D eigenvalue weighted by Gasteiger charge is 2.40. The normalized spacial score (nSPS) is 11.7. The third-order valence-electron chi connectivity index (χ3n) is 4.17. The second-order valence-corrected chi connectivity index (χ2v) is 9.39. The quantitative estimate of drug-likeness (QED) is 0.371. The summed E-state index contributed by atoms with van der Waals surface area (Å²) in [6.45, 7) is 0.496. The van der Waals surface area contributed by atoms with E-state index in [0.29, 0.717) is 35.3 Å². The van der Waals surface area contributed by atoms with Crippen LogP contribution in [0.25, 0.3) is 10.7 Å². The number of carboxylic acids is 1. The van der Waals surface area contributed by atoms with Crippen molar-refractivity contribution in [2.45, 2.75) is 28.6 Å². The van der Waals surface area contributed by atoms with E-state index < -0.39 is 22.7 Å². The van der Waals surface area contributed by atoms with Crippen LogP contribution < -0.4 is 0 Å². The van der Waals surface area contributed by atoms with Crippen molar-refractivity contribution in [3.05, 3.63) is 64.0 Å². The monoisotopic (exact) mass is 482 g/mol. The van der Waals surface area contributed by atoms with Gasteiger partial charge >= 0.3 is 12.1 Å². The number of nitrogens with zero attached hydrogens (tertiary/aromatic N) is 4. The minimum absolute atomic E-state index is 0.0594. The molecule has 0 atom stereocenters. The van der Waals surface area contributed by atoms with Crippen LogP contribution in [0.5, 0.6) is 0 Å². The van der Waals surface area contributed by atoms with E-state index in [-0.39, 0.29) is 4.34 Å². The van der Waals surface area contributed by atoms with E-state index in [1.54, 1.807) is 0 Å². The maximum atomic E-state index is 13.2. The summed E-state index contributed by atoms with van der Waals surface area (Å²) in [5.41, 5.74) is -0.313. The van der Waals surface area contributed by atoms with Gasteiger partial charge in [-0.05, 0) is 35.2 Å². The lowest BCUT2D eigenvalue weighted by Gasteiger charge is -2.09. The van der Waals surface area contributed by atoms with Crippen LogP contribution in [0.15, 0.2) is 57.3 Å². The summed E-state index contributed by atoms with van der Waals surface area (Å²) in [6.07, 6.45) is -4.19. The van der Waals surface area contributed by atoms with Gasteiger partial charge in [0.2, 0.25) is 0 Å². The molecular formula is C19H13F3N4O2S3. The van der Waals surface area contributed by atoms with Gasteiger partial charge in [-0.2, -0.15) is 13.2 Å². The molecule has 3 heterocycles. The molecule has 0 saturated carbocycles. The number of carboxylic acid groups (broad SMARTS) is 1. The van der Waals surface area contributed by atoms with Gasteiger partial charge in [0.15, 0.2) is 21.0 Å². The topological polar surface area (TPSA) is 80.9 Å². The number of alkyl halides is 3. The molecule has 4 aromatic rings. The average Bonchev–Trinajstić information content (AvgIpc) is 3.47. The van der Waals surface area contributed by atoms with Crippen LogP contribution in [0, 0.1) is 0 Å². The van der Waals surface area contributed by atoms with Gasteiger partial charge in [0.25, 0.3) is 0 Å². The molecule has 0 spiro atoms. The largest absolute Gasteiger partial charge is 0.477 e. The van der Waals surface area contributed by atoms with E-state index in [2.05, 4.69) is 15.2 Å². The minimum atomic E-state index is -4.86. The highest BCUT2D eigenvalue weighted by atomic mass is 32.2. The molecule has 4 rings (SSSR count).